The molecule has 0 fully saturated rings. The van der Waals surface area contributed by atoms with E-state index in [-0.39, 0.29) is 6.42 Å². The van der Waals surface area contributed by atoms with E-state index in [0.29, 0.717) is 6.42 Å². The number of hydrogen-bond donors (Lipinski definition) is 1. The van der Waals surface area contributed by atoms with Gasteiger partial charge in [0.2, 0.25) is 0 Å². The summed E-state index contributed by atoms with van der Waals surface area (Å²) in [6, 6.07) is 0. The average Bonchev–Trinajstić information content (AvgIpc) is 2.27. The molecule has 0 aromatic rings. The van der Waals surface area contributed by atoms with Crippen molar-refractivity contribution >= 4 is 0 Å². The van der Waals surface area contributed by atoms with Crippen LogP contribution in [-0.4, -0.2) is 49.6 Å². The maximum Gasteiger partial charge on any atom is 0.157 e. The summed E-state index contributed by atoms with van der Waals surface area (Å²) in [5, 5.41) is 8.27. The van der Waals surface area contributed by atoms with Gasteiger partial charge in [-0.2, -0.15) is 0 Å². The van der Waals surface area contributed by atoms with Crippen molar-refractivity contribution in [1.29, 1.82) is 0 Å². The van der Waals surface area contributed by atoms with Gasteiger partial charge in [0.15, 0.2) is 18.5 Å². The van der Waals surface area contributed by atoms with Gasteiger partial charge in [-0.25, -0.2) is 17.6 Å². The molecule has 16 heavy (non-hydrogen) atoms. The van der Waals surface area contributed by atoms with Crippen molar-refractivity contribution in [3.8, 4) is 0 Å². The molecule has 0 amide bonds. The Morgan fingerprint density at radius 2 is 1.44 bits per heavy atom. The van der Waals surface area contributed by atoms with Crippen molar-refractivity contribution in [3.63, 3.8) is 0 Å². The third kappa shape index (κ3) is 6.27. The van der Waals surface area contributed by atoms with E-state index in [9.17, 15) is 17.6 Å². The van der Waals surface area contributed by atoms with Crippen LogP contribution >= 0.6 is 0 Å². The van der Waals surface area contributed by atoms with Gasteiger partial charge in [0.25, 0.3) is 0 Å². The zero-order chi connectivity index (χ0) is 12.6. The summed E-state index contributed by atoms with van der Waals surface area (Å²) >= 11 is 0. The van der Waals surface area contributed by atoms with Crippen molar-refractivity contribution < 1.29 is 27.4 Å². The fourth-order valence-corrected chi connectivity index (χ4v) is 1.07. The minimum atomic E-state index is -2.05. The van der Waals surface area contributed by atoms with E-state index in [1.54, 1.807) is 6.92 Å². The predicted molar refractivity (Wildman–Crippen MR) is 52.4 cm³/mol. The minimum absolute atomic E-state index is 0.0754. The highest BCUT2D eigenvalue weighted by atomic mass is 19.2. The first-order valence-corrected chi connectivity index (χ1v) is 5.27. The van der Waals surface area contributed by atoms with Crippen LogP contribution in [0.3, 0.4) is 0 Å². The number of alkyl halides is 4. The third-order valence-electron chi connectivity index (χ3n) is 2.08. The smallest absolute Gasteiger partial charge is 0.157 e. The van der Waals surface area contributed by atoms with Gasteiger partial charge in [-0.3, -0.25) is 0 Å². The molecule has 4 atom stereocenters. The van der Waals surface area contributed by atoms with Crippen LogP contribution < -0.4 is 0 Å². The molecule has 0 heterocycles. The molecule has 0 aliphatic rings. The molecule has 0 aliphatic carbocycles. The Bertz CT molecular complexity index is 171. The lowest BCUT2D eigenvalue weighted by Crippen LogP contribution is -2.29. The molecule has 6 heteroatoms. The highest BCUT2D eigenvalue weighted by Crippen LogP contribution is 2.12. The Hall–Kier alpha value is -0.360. The van der Waals surface area contributed by atoms with E-state index in [1.165, 1.54) is 0 Å². The molecule has 0 bridgehead atoms. The van der Waals surface area contributed by atoms with Gasteiger partial charge in [0, 0.05) is 0 Å². The lowest BCUT2D eigenvalue weighted by atomic mass is 10.1. The standard InChI is InChI=1S/C10H18F4O2/c1-2-3-7(11)9(13)5-16-6-10(14)8(12)4-15/h7-10,15H,2-6H2,1H3/t7-,8?,9-,10?/m1/s1. The monoisotopic (exact) mass is 246 g/mol. The van der Waals surface area contributed by atoms with Crippen LogP contribution in [-0.2, 0) is 4.74 Å². The molecule has 0 saturated carbocycles. The van der Waals surface area contributed by atoms with Crippen molar-refractivity contribution in [2.24, 2.45) is 0 Å². The molecular weight excluding hydrogens is 228 g/mol. The first-order chi connectivity index (χ1) is 7.52. The number of halogens is 4. The molecule has 1 N–H and O–H groups in total. The summed E-state index contributed by atoms with van der Waals surface area (Å²) in [5.41, 5.74) is 0. The molecule has 0 radical (unpaired) electrons. The Labute approximate surface area is 92.6 Å². The summed E-state index contributed by atoms with van der Waals surface area (Å²) in [6.45, 7) is -0.515. The fourth-order valence-electron chi connectivity index (χ4n) is 1.07. The molecule has 0 spiro atoms. The molecule has 0 aromatic heterocycles. The average molecular weight is 246 g/mol. The van der Waals surface area contributed by atoms with Gasteiger partial charge in [-0.1, -0.05) is 13.3 Å². The Kier molecular flexibility index (Phi) is 8.56. The summed E-state index contributed by atoms with van der Waals surface area (Å²) in [5.74, 6) is 0. The Morgan fingerprint density at radius 1 is 0.938 bits per heavy atom. The quantitative estimate of drug-likeness (QED) is 0.632. The van der Waals surface area contributed by atoms with Crippen LogP contribution in [0.4, 0.5) is 17.6 Å². The van der Waals surface area contributed by atoms with Gasteiger partial charge in [-0.15, -0.1) is 0 Å². The molecule has 2 nitrogen and oxygen atoms in total. The van der Waals surface area contributed by atoms with Gasteiger partial charge in [0.05, 0.1) is 19.8 Å². The first kappa shape index (κ1) is 15.6. The highest BCUT2D eigenvalue weighted by Gasteiger charge is 2.23. The second kappa shape index (κ2) is 8.75. The lowest BCUT2D eigenvalue weighted by molar-refractivity contribution is -0.0102. The van der Waals surface area contributed by atoms with Gasteiger partial charge in [-0.05, 0) is 6.42 Å². The second-order valence-corrected chi connectivity index (χ2v) is 3.57. The van der Waals surface area contributed by atoms with E-state index >= 15 is 0 Å². The highest BCUT2D eigenvalue weighted by molar-refractivity contribution is 4.69. The number of aliphatic hydroxyl groups excluding tert-OH is 1. The van der Waals surface area contributed by atoms with Crippen LogP contribution in [0.2, 0.25) is 0 Å². The first-order valence-electron chi connectivity index (χ1n) is 5.27. The number of aliphatic hydroxyl groups is 1. The maximum atomic E-state index is 13.0. The number of ether oxygens (including phenoxy) is 1. The van der Waals surface area contributed by atoms with Crippen LogP contribution in [0.25, 0.3) is 0 Å². The molecule has 0 aromatic carbocycles. The van der Waals surface area contributed by atoms with Gasteiger partial charge >= 0.3 is 0 Å². The molecular formula is C10H18F4O2. The lowest BCUT2D eigenvalue weighted by Gasteiger charge is -2.15. The SMILES string of the molecule is CCC[C@@H](F)[C@H](F)COCC(F)C(F)CO. The third-order valence-corrected chi connectivity index (χ3v) is 2.08. The van der Waals surface area contributed by atoms with Crippen LogP contribution in [0.1, 0.15) is 19.8 Å². The Balaban J connectivity index is 3.64. The topological polar surface area (TPSA) is 29.5 Å². The maximum absolute atomic E-state index is 13.0. The number of hydrogen-bond acceptors (Lipinski definition) is 2. The van der Waals surface area contributed by atoms with E-state index in [2.05, 4.69) is 4.74 Å². The molecule has 0 aliphatic heterocycles. The zero-order valence-electron chi connectivity index (χ0n) is 9.21. The van der Waals surface area contributed by atoms with Crippen molar-refractivity contribution in [1.82, 2.24) is 0 Å². The molecule has 2 unspecified atom stereocenters. The molecule has 0 saturated heterocycles. The van der Waals surface area contributed by atoms with E-state index in [0.717, 1.165) is 0 Å². The molecule has 98 valence electrons. The van der Waals surface area contributed by atoms with E-state index in [1.807, 2.05) is 0 Å². The minimum Gasteiger partial charge on any atom is -0.393 e. The van der Waals surface area contributed by atoms with Crippen molar-refractivity contribution in [2.45, 2.75) is 44.5 Å². The predicted octanol–water partition coefficient (Wildman–Crippen LogP) is 2.15. The summed E-state index contributed by atoms with van der Waals surface area (Å²) in [6.07, 6.45) is -6.94. The summed E-state index contributed by atoms with van der Waals surface area (Å²) in [7, 11) is 0. The summed E-state index contributed by atoms with van der Waals surface area (Å²) < 4.78 is 55.5. The van der Waals surface area contributed by atoms with Crippen LogP contribution in [0.15, 0.2) is 0 Å². The summed E-state index contributed by atoms with van der Waals surface area (Å²) in [4.78, 5) is 0. The van der Waals surface area contributed by atoms with Crippen LogP contribution in [0, 0.1) is 0 Å². The largest absolute Gasteiger partial charge is 0.393 e. The second-order valence-electron chi connectivity index (χ2n) is 3.57. The van der Waals surface area contributed by atoms with E-state index in [4.69, 9.17) is 5.11 Å². The van der Waals surface area contributed by atoms with Gasteiger partial charge < -0.3 is 9.84 Å². The molecule has 0 rings (SSSR count). The fraction of sp³-hybridized carbons (Fsp3) is 1.00. The van der Waals surface area contributed by atoms with Crippen molar-refractivity contribution in [3.05, 3.63) is 0 Å². The van der Waals surface area contributed by atoms with Crippen LogP contribution in [0.5, 0.6) is 0 Å². The normalized spacial score (nSPS) is 19.1. The van der Waals surface area contributed by atoms with Gasteiger partial charge in [0.1, 0.15) is 6.17 Å². The number of rotatable bonds is 9. The van der Waals surface area contributed by atoms with E-state index < -0.39 is 44.5 Å². The Morgan fingerprint density at radius 3 is 1.88 bits per heavy atom. The zero-order valence-corrected chi connectivity index (χ0v) is 9.21. The van der Waals surface area contributed by atoms with Crippen molar-refractivity contribution in [2.75, 3.05) is 19.8 Å².